The van der Waals surface area contributed by atoms with E-state index >= 15 is 0 Å². The molecule has 12 heavy (non-hydrogen) atoms. The van der Waals surface area contributed by atoms with Gasteiger partial charge in [-0.15, -0.1) is 11.3 Å². The van der Waals surface area contributed by atoms with E-state index in [1.165, 1.54) is 4.88 Å². The first-order valence-corrected chi connectivity index (χ1v) is 5.25. The van der Waals surface area contributed by atoms with E-state index in [1.54, 1.807) is 11.3 Å². The number of aromatic nitrogens is 1. The summed E-state index contributed by atoms with van der Waals surface area (Å²) in [5.41, 5.74) is 2.97. The van der Waals surface area contributed by atoms with Crippen LogP contribution in [-0.4, -0.2) is 16.2 Å². The lowest BCUT2D eigenvalue weighted by Gasteiger charge is -2.12. The number of hydrogen-bond donors (Lipinski definition) is 1. The Kier molecular flexibility index (Phi) is 2.15. The monoisotopic (exact) mass is 183 g/mol. The first-order valence-electron chi connectivity index (χ1n) is 4.37. The molecule has 1 aromatic rings. The van der Waals surface area contributed by atoms with E-state index in [1.807, 2.05) is 12.4 Å². The molecule has 2 rings (SSSR count). The summed E-state index contributed by atoms with van der Waals surface area (Å²) in [7, 11) is 0. The average molecular weight is 183 g/mol. The van der Waals surface area contributed by atoms with Crippen molar-refractivity contribution in [1.82, 2.24) is 4.98 Å². The third kappa shape index (κ3) is 1.27. The van der Waals surface area contributed by atoms with Crippen molar-refractivity contribution in [1.29, 1.82) is 0 Å². The van der Waals surface area contributed by atoms with Crippen molar-refractivity contribution in [3.63, 3.8) is 0 Å². The maximum atomic E-state index is 9.66. The topological polar surface area (TPSA) is 33.1 Å². The molecule has 0 spiro atoms. The Morgan fingerprint density at radius 2 is 2.42 bits per heavy atom. The van der Waals surface area contributed by atoms with Gasteiger partial charge in [-0.05, 0) is 19.8 Å². The van der Waals surface area contributed by atoms with E-state index in [2.05, 4.69) is 4.98 Å². The zero-order chi connectivity index (χ0) is 8.55. The highest BCUT2D eigenvalue weighted by molar-refractivity contribution is 7.09. The van der Waals surface area contributed by atoms with Gasteiger partial charge in [-0.2, -0.15) is 0 Å². The van der Waals surface area contributed by atoms with Crippen LogP contribution in [0.4, 0.5) is 0 Å². The van der Waals surface area contributed by atoms with Crippen LogP contribution < -0.4 is 0 Å². The lowest BCUT2D eigenvalue weighted by atomic mass is 10.0. The summed E-state index contributed by atoms with van der Waals surface area (Å²) in [5, 5.41) is 9.66. The first-order chi connectivity index (χ1) is 5.79. The van der Waals surface area contributed by atoms with Crippen molar-refractivity contribution in [2.75, 3.05) is 0 Å². The molecule has 1 fully saturated rings. The molecular weight excluding hydrogens is 170 g/mol. The molecule has 1 aliphatic rings. The van der Waals surface area contributed by atoms with E-state index < -0.39 is 0 Å². The number of aliphatic hydroxyl groups excluding tert-OH is 1. The molecule has 0 amide bonds. The summed E-state index contributed by atoms with van der Waals surface area (Å²) in [6.45, 7) is 2.02. The fourth-order valence-corrected chi connectivity index (χ4v) is 2.91. The van der Waals surface area contributed by atoms with E-state index in [-0.39, 0.29) is 6.10 Å². The van der Waals surface area contributed by atoms with Crippen molar-refractivity contribution >= 4 is 11.3 Å². The molecule has 2 unspecified atom stereocenters. The Morgan fingerprint density at radius 3 is 2.92 bits per heavy atom. The van der Waals surface area contributed by atoms with E-state index in [0.717, 1.165) is 25.0 Å². The van der Waals surface area contributed by atoms with Crippen LogP contribution in [0.5, 0.6) is 0 Å². The third-order valence-electron chi connectivity index (χ3n) is 2.60. The fraction of sp³-hybridized carbons (Fsp3) is 0.667. The van der Waals surface area contributed by atoms with E-state index in [0.29, 0.717) is 5.92 Å². The number of rotatable bonds is 1. The maximum absolute atomic E-state index is 9.66. The van der Waals surface area contributed by atoms with E-state index in [9.17, 15) is 5.11 Å². The highest BCUT2D eigenvalue weighted by Gasteiger charge is 2.28. The van der Waals surface area contributed by atoms with Crippen molar-refractivity contribution < 1.29 is 5.11 Å². The van der Waals surface area contributed by atoms with Gasteiger partial charge in [0.25, 0.3) is 0 Å². The number of aliphatic hydroxyl groups is 1. The van der Waals surface area contributed by atoms with Gasteiger partial charge in [-0.1, -0.05) is 6.42 Å². The highest BCUT2D eigenvalue weighted by atomic mass is 32.1. The zero-order valence-corrected chi connectivity index (χ0v) is 7.97. The molecule has 3 heteroatoms. The van der Waals surface area contributed by atoms with Gasteiger partial charge in [0.1, 0.15) is 0 Å². The third-order valence-corrected chi connectivity index (χ3v) is 3.66. The van der Waals surface area contributed by atoms with Gasteiger partial charge in [0.2, 0.25) is 0 Å². The first kappa shape index (κ1) is 8.20. The van der Waals surface area contributed by atoms with Crippen molar-refractivity contribution in [2.24, 2.45) is 0 Å². The summed E-state index contributed by atoms with van der Waals surface area (Å²) in [6, 6.07) is 0. The molecule has 2 atom stereocenters. The molecule has 0 aromatic carbocycles. The van der Waals surface area contributed by atoms with Crippen molar-refractivity contribution in [2.45, 2.75) is 38.2 Å². The molecule has 0 radical (unpaired) electrons. The van der Waals surface area contributed by atoms with Crippen LogP contribution in [0.25, 0.3) is 0 Å². The summed E-state index contributed by atoms with van der Waals surface area (Å²) < 4.78 is 0. The Morgan fingerprint density at radius 1 is 1.58 bits per heavy atom. The number of nitrogens with zero attached hydrogens (tertiary/aromatic N) is 1. The second kappa shape index (κ2) is 3.15. The van der Waals surface area contributed by atoms with Gasteiger partial charge in [0.05, 0.1) is 17.3 Å². The quantitative estimate of drug-likeness (QED) is 0.723. The van der Waals surface area contributed by atoms with Gasteiger partial charge >= 0.3 is 0 Å². The smallest absolute Gasteiger partial charge is 0.0797 e. The molecular formula is C9H13NOS. The number of aryl methyl sites for hydroxylation is 1. The van der Waals surface area contributed by atoms with Gasteiger partial charge in [-0.3, -0.25) is 0 Å². The minimum atomic E-state index is -0.121. The van der Waals surface area contributed by atoms with Crippen LogP contribution in [0.15, 0.2) is 5.51 Å². The summed E-state index contributed by atoms with van der Waals surface area (Å²) in [5.74, 6) is 0.373. The zero-order valence-electron chi connectivity index (χ0n) is 7.16. The molecule has 1 N–H and O–H groups in total. The lowest BCUT2D eigenvalue weighted by molar-refractivity contribution is 0.164. The molecule has 1 saturated carbocycles. The molecule has 0 bridgehead atoms. The largest absolute Gasteiger partial charge is 0.392 e. The fourth-order valence-electron chi connectivity index (χ4n) is 1.91. The number of thiazole rings is 1. The molecule has 1 aliphatic carbocycles. The molecule has 2 nitrogen and oxygen atoms in total. The van der Waals surface area contributed by atoms with Crippen LogP contribution in [-0.2, 0) is 0 Å². The molecule has 0 saturated heterocycles. The van der Waals surface area contributed by atoms with Gasteiger partial charge in [-0.25, -0.2) is 4.98 Å². The second-order valence-electron chi connectivity index (χ2n) is 3.41. The molecule has 1 heterocycles. The standard InChI is InChI=1S/C9H13NOS/c1-6-9(12-5-10-6)7-3-2-4-8(7)11/h5,7-8,11H,2-4H2,1H3. The van der Waals surface area contributed by atoms with Crippen LogP contribution in [0.3, 0.4) is 0 Å². The minimum absolute atomic E-state index is 0.121. The van der Waals surface area contributed by atoms with Crippen molar-refractivity contribution in [3.8, 4) is 0 Å². The Balaban J connectivity index is 2.24. The second-order valence-corrected chi connectivity index (χ2v) is 4.29. The minimum Gasteiger partial charge on any atom is -0.392 e. The summed E-state index contributed by atoms with van der Waals surface area (Å²) >= 11 is 1.68. The maximum Gasteiger partial charge on any atom is 0.0797 e. The lowest BCUT2D eigenvalue weighted by Crippen LogP contribution is -2.10. The van der Waals surface area contributed by atoms with Gasteiger partial charge < -0.3 is 5.11 Å². The van der Waals surface area contributed by atoms with Gasteiger partial charge in [0, 0.05) is 10.8 Å². The van der Waals surface area contributed by atoms with Gasteiger partial charge in [0.15, 0.2) is 0 Å². The summed E-state index contributed by atoms with van der Waals surface area (Å²) in [6.07, 6.45) is 3.12. The van der Waals surface area contributed by atoms with Crippen molar-refractivity contribution in [3.05, 3.63) is 16.1 Å². The predicted octanol–water partition coefficient (Wildman–Crippen LogP) is 2.08. The Labute approximate surface area is 76.3 Å². The summed E-state index contributed by atoms with van der Waals surface area (Å²) in [4.78, 5) is 5.49. The SMILES string of the molecule is Cc1ncsc1C1CCCC1O. The Hall–Kier alpha value is -0.410. The molecule has 0 aliphatic heterocycles. The normalized spacial score (nSPS) is 29.5. The molecule has 66 valence electrons. The van der Waals surface area contributed by atoms with E-state index in [4.69, 9.17) is 0 Å². The van der Waals surface area contributed by atoms with Crippen LogP contribution in [0.1, 0.15) is 35.8 Å². The Bertz CT molecular complexity index is 271. The average Bonchev–Trinajstić information content (AvgIpc) is 2.59. The van der Waals surface area contributed by atoms with Crippen LogP contribution in [0, 0.1) is 6.92 Å². The van der Waals surface area contributed by atoms with Crippen LogP contribution >= 0.6 is 11.3 Å². The number of hydrogen-bond acceptors (Lipinski definition) is 3. The predicted molar refractivity (Wildman–Crippen MR) is 49.4 cm³/mol. The molecule has 1 aromatic heterocycles. The highest BCUT2D eigenvalue weighted by Crippen LogP contribution is 2.37. The van der Waals surface area contributed by atoms with Crippen LogP contribution in [0.2, 0.25) is 0 Å².